The molecule has 1 amide bonds. The van der Waals surface area contributed by atoms with Gasteiger partial charge in [0, 0.05) is 18.9 Å². The molecule has 0 aliphatic carbocycles. The molecule has 0 saturated carbocycles. The van der Waals surface area contributed by atoms with Crippen LogP contribution in [-0.2, 0) is 9.63 Å². The number of hydrogen-bond donors (Lipinski definition) is 2. The molecule has 2 aliphatic heterocycles. The minimum absolute atomic E-state index is 0.115. The van der Waals surface area contributed by atoms with Gasteiger partial charge in [-0.3, -0.25) is 4.79 Å². The van der Waals surface area contributed by atoms with E-state index in [0.29, 0.717) is 12.8 Å². The van der Waals surface area contributed by atoms with Crippen molar-refractivity contribution in [2.75, 3.05) is 13.1 Å². The van der Waals surface area contributed by atoms with Gasteiger partial charge in [-0.1, -0.05) is 24.2 Å². The Kier molecular flexibility index (Phi) is 5.91. The maximum Gasteiger partial charge on any atom is 0.226 e. The number of benzene rings is 1. The highest BCUT2D eigenvalue weighted by Gasteiger charge is 2.43. The van der Waals surface area contributed by atoms with Gasteiger partial charge in [-0.2, -0.15) is 0 Å². The van der Waals surface area contributed by atoms with Gasteiger partial charge in [0.15, 0.2) is 0 Å². The zero-order chi connectivity index (χ0) is 18.6. The van der Waals surface area contributed by atoms with Crippen LogP contribution in [0.1, 0.15) is 51.5 Å². The third-order valence-corrected chi connectivity index (χ3v) is 5.56. The first-order valence-corrected chi connectivity index (χ1v) is 9.53. The molecule has 0 radical (unpaired) electrons. The van der Waals surface area contributed by atoms with Crippen molar-refractivity contribution in [3.63, 3.8) is 0 Å². The number of hydrogen-bond acceptors (Lipinski definition) is 4. The number of carbonyl (C=O) groups excluding carboxylic acids is 1. The largest absolute Gasteiger partial charge is 0.392 e. The number of amides is 1. The Hall–Kier alpha value is -1.95. The van der Waals surface area contributed by atoms with Gasteiger partial charge in [0.1, 0.15) is 11.9 Å². The lowest BCUT2D eigenvalue weighted by Gasteiger charge is -2.38. The van der Waals surface area contributed by atoms with Crippen LogP contribution in [0.5, 0.6) is 0 Å². The molecule has 142 valence electrons. The minimum Gasteiger partial charge on any atom is -0.392 e. The zero-order valence-electron chi connectivity index (χ0n) is 15.6. The van der Waals surface area contributed by atoms with Crippen LogP contribution in [0, 0.1) is 11.2 Å². The highest BCUT2D eigenvalue weighted by atomic mass is 19.1. The van der Waals surface area contributed by atoms with Crippen LogP contribution in [0.4, 0.5) is 4.39 Å². The van der Waals surface area contributed by atoms with Crippen LogP contribution in [0.25, 0.3) is 0 Å². The molecule has 0 unspecified atom stereocenters. The fraction of sp³-hybridized carbons (Fsp3) is 0.600. The van der Waals surface area contributed by atoms with Gasteiger partial charge < -0.3 is 15.5 Å². The van der Waals surface area contributed by atoms with Crippen molar-refractivity contribution >= 4 is 11.6 Å². The highest BCUT2D eigenvalue weighted by molar-refractivity contribution is 6.01. The van der Waals surface area contributed by atoms with Crippen LogP contribution in [-0.4, -0.2) is 36.9 Å². The quantitative estimate of drug-likeness (QED) is 0.819. The minimum atomic E-state index is -0.410. The summed E-state index contributed by atoms with van der Waals surface area (Å²) in [6.45, 7) is 5.79. The van der Waals surface area contributed by atoms with E-state index in [9.17, 15) is 9.18 Å². The van der Waals surface area contributed by atoms with Crippen molar-refractivity contribution in [2.24, 2.45) is 10.6 Å². The molecule has 1 aromatic carbocycles. The Morgan fingerprint density at radius 2 is 2.08 bits per heavy atom. The average molecular weight is 361 g/mol. The molecule has 3 rings (SSSR count). The van der Waals surface area contributed by atoms with Crippen LogP contribution >= 0.6 is 0 Å². The Morgan fingerprint density at radius 1 is 1.38 bits per heavy atom. The highest BCUT2D eigenvalue weighted by Crippen LogP contribution is 2.37. The number of rotatable bonds is 6. The van der Waals surface area contributed by atoms with Crippen LogP contribution in [0.2, 0.25) is 0 Å². The second-order valence-corrected chi connectivity index (χ2v) is 7.49. The molecule has 2 heterocycles. The number of halogens is 1. The zero-order valence-corrected chi connectivity index (χ0v) is 15.6. The molecule has 0 aromatic heterocycles. The summed E-state index contributed by atoms with van der Waals surface area (Å²) in [5.74, 6) is -0.132. The fourth-order valence-corrected chi connectivity index (χ4v) is 3.69. The third kappa shape index (κ3) is 4.23. The maximum absolute atomic E-state index is 13.1. The van der Waals surface area contributed by atoms with Crippen molar-refractivity contribution in [3.8, 4) is 0 Å². The van der Waals surface area contributed by atoms with Gasteiger partial charge in [0.2, 0.25) is 5.91 Å². The summed E-state index contributed by atoms with van der Waals surface area (Å²) in [5.41, 5.74) is 1.28. The summed E-state index contributed by atoms with van der Waals surface area (Å²) in [6.07, 6.45) is 3.72. The molecule has 0 spiro atoms. The predicted octanol–water partition coefficient (Wildman–Crippen LogP) is 2.99. The topological polar surface area (TPSA) is 62.7 Å². The standard InChI is InChI=1S/C20H28FN3O2/c1-3-14(2)23-19(25)20(8-10-22-11-9-20)13-17-12-18(24-26-17)15-4-6-16(21)7-5-15/h4-7,14,17,22H,3,8-13H2,1-2H3,(H,23,25)/t14-,17+/m1/s1. The van der Waals surface area contributed by atoms with Gasteiger partial charge in [0.25, 0.3) is 0 Å². The average Bonchev–Trinajstić information content (AvgIpc) is 3.11. The van der Waals surface area contributed by atoms with Gasteiger partial charge in [0.05, 0.1) is 11.1 Å². The van der Waals surface area contributed by atoms with Crippen LogP contribution < -0.4 is 10.6 Å². The van der Waals surface area contributed by atoms with Crippen LogP contribution in [0.15, 0.2) is 29.4 Å². The molecule has 2 N–H and O–H groups in total. The number of nitrogens with zero attached hydrogens (tertiary/aromatic N) is 1. The molecule has 1 saturated heterocycles. The maximum atomic E-state index is 13.1. The molecule has 1 aromatic rings. The molecule has 1 fully saturated rings. The number of oxime groups is 1. The third-order valence-electron chi connectivity index (χ3n) is 5.56. The van der Waals surface area contributed by atoms with E-state index in [4.69, 9.17) is 4.84 Å². The summed E-state index contributed by atoms with van der Waals surface area (Å²) < 4.78 is 13.1. The second kappa shape index (κ2) is 8.16. The Bertz CT molecular complexity index is 654. The number of piperidine rings is 1. The molecule has 0 bridgehead atoms. The van der Waals surface area contributed by atoms with E-state index in [2.05, 4.69) is 22.7 Å². The lowest BCUT2D eigenvalue weighted by atomic mass is 9.73. The van der Waals surface area contributed by atoms with E-state index in [1.165, 1.54) is 12.1 Å². The normalized spacial score (nSPS) is 23.0. The molecule has 2 atom stereocenters. The van der Waals surface area contributed by atoms with Crippen molar-refractivity contribution in [3.05, 3.63) is 35.6 Å². The predicted molar refractivity (Wildman–Crippen MR) is 99.5 cm³/mol. The summed E-state index contributed by atoms with van der Waals surface area (Å²) in [5, 5.41) is 10.7. The van der Waals surface area contributed by atoms with Crippen LogP contribution in [0.3, 0.4) is 0 Å². The number of nitrogens with one attached hydrogen (secondary N) is 2. The Balaban J connectivity index is 1.66. The lowest BCUT2D eigenvalue weighted by molar-refractivity contribution is -0.136. The monoisotopic (exact) mass is 361 g/mol. The fourth-order valence-electron chi connectivity index (χ4n) is 3.69. The first-order valence-electron chi connectivity index (χ1n) is 9.53. The molecule has 2 aliphatic rings. The van der Waals surface area contributed by atoms with E-state index >= 15 is 0 Å². The molecule has 5 nitrogen and oxygen atoms in total. The first kappa shape index (κ1) is 18.8. The number of carbonyl (C=O) groups is 1. The molecule has 26 heavy (non-hydrogen) atoms. The van der Waals surface area contributed by atoms with Gasteiger partial charge >= 0.3 is 0 Å². The smallest absolute Gasteiger partial charge is 0.226 e. The lowest BCUT2D eigenvalue weighted by Crippen LogP contribution is -2.51. The van der Waals surface area contributed by atoms with E-state index in [0.717, 1.165) is 43.6 Å². The van der Waals surface area contributed by atoms with E-state index in [1.807, 2.05) is 6.92 Å². The first-order chi connectivity index (χ1) is 12.5. The summed E-state index contributed by atoms with van der Waals surface area (Å²) >= 11 is 0. The Morgan fingerprint density at radius 3 is 2.73 bits per heavy atom. The Labute approximate surface area is 154 Å². The van der Waals surface area contributed by atoms with Crippen molar-refractivity contribution < 1.29 is 14.0 Å². The van der Waals surface area contributed by atoms with E-state index in [-0.39, 0.29) is 23.9 Å². The van der Waals surface area contributed by atoms with Crippen molar-refractivity contribution in [1.29, 1.82) is 0 Å². The summed E-state index contributed by atoms with van der Waals surface area (Å²) in [6, 6.07) is 6.47. The van der Waals surface area contributed by atoms with Gasteiger partial charge in [-0.05, 0) is 57.0 Å². The summed E-state index contributed by atoms with van der Waals surface area (Å²) in [7, 11) is 0. The summed E-state index contributed by atoms with van der Waals surface area (Å²) in [4.78, 5) is 18.6. The van der Waals surface area contributed by atoms with Gasteiger partial charge in [-0.25, -0.2) is 4.39 Å². The van der Waals surface area contributed by atoms with Crippen molar-refractivity contribution in [1.82, 2.24) is 10.6 Å². The molecule has 6 heteroatoms. The van der Waals surface area contributed by atoms with Gasteiger partial charge in [-0.15, -0.1) is 0 Å². The van der Waals surface area contributed by atoms with Crippen molar-refractivity contribution in [2.45, 2.75) is 58.1 Å². The SMILES string of the molecule is CC[C@@H](C)NC(=O)C1(C[C@@H]2CC(c3ccc(F)cc3)=NO2)CCNCC1. The second-order valence-electron chi connectivity index (χ2n) is 7.49. The molecular formula is C20H28FN3O2. The van der Waals surface area contributed by atoms with E-state index < -0.39 is 5.41 Å². The van der Waals surface area contributed by atoms with E-state index in [1.54, 1.807) is 12.1 Å². The molecular weight excluding hydrogens is 333 g/mol.